The van der Waals surface area contributed by atoms with E-state index in [0.717, 1.165) is 70.1 Å². The van der Waals surface area contributed by atoms with Gasteiger partial charge < -0.3 is 19.8 Å². The van der Waals surface area contributed by atoms with E-state index < -0.39 is 0 Å². The standard InChI is InChI=1S/C23H31ClN4O3/c24-19-13-17(27-11-1-3-20(27)30)14-25-21(19)26-10-2-8-23(15-26)9-12-28(22(23)31)16-4-6-18(29)7-5-16/h13-14,16,18,29H,1-12,15H2/t16-,18+,23-/m1/s1. The Bertz CT molecular complexity index is 872. The number of amides is 2. The number of anilines is 2. The lowest BCUT2D eigenvalue weighted by atomic mass is 9.78. The summed E-state index contributed by atoms with van der Waals surface area (Å²) in [5, 5.41) is 10.4. The molecule has 31 heavy (non-hydrogen) atoms. The van der Waals surface area contributed by atoms with E-state index >= 15 is 0 Å². The Kier molecular flexibility index (Phi) is 5.59. The van der Waals surface area contributed by atoms with Crippen molar-refractivity contribution in [1.82, 2.24) is 9.88 Å². The van der Waals surface area contributed by atoms with Crippen LogP contribution < -0.4 is 9.80 Å². The van der Waals surface area contributed by atoms with E-state index in [1.807, 2.05) is 6.07 Å². The summed E-state index contributed by atoms with van der Waals surface area (Å²) in [6.07, 6.45) is 9.07. The van der Waals surface area contributed by atoms with Gasteiger partial charge in [-0.15, -0.1) is 0 Å². The minimum Gasteiger partial charge on any atom is -0.393 e. The highest BCUT2D eigenvalue weighted by atomic mass is 35.5. The maximum atomic E-state index is 13.5. The van der Waals surface area contributed by atoms with Gasteiger partial charge in [0.15, 0.2) is 0 Å². The maximum Gasteiger partial charge on any atom is 0.230 e. The first kappa shape index (κ1) is 21.0. The molecule has 3 saturated heterocycles. The van der Waals surface area contributed by atoms with Gasteiger partial charge in [-0.05, 0) is 57.4 Å². The van der Waals surface area contributed by atoms with Crippen molar-refractivity contribution in [1.29, 1.82) is 0 Å². The third kappa shape index (κ3) is 3.80. The highest BCUT2D eigenvalue weighted by Crippen LogP contribution is 2.44. The Hall–Kier alpha value is -1.86. The van der Waals surface area contributed by atoms with E-state index in [4.69, 9.17) is 11.6 Å². The lowest BCUT2D eigenvalue weighted by molar-refractivity contribution is -0.139. The second-order valence-electron chi connectivity index (χ2n) is 9.66. The number of likely N-dealkylation sites (tertiary alicyclic amines) is 1. The predicted molar refractivity (Wildman–Crippen MR) is 119 cm³/mol. The van der Waals surface area contributed by atoms with Crippen molar-refractivity contribution >= 4 is 34.9 Å². The molecule has 0 bridgehead atoms. The van der Waals surface area contributed by atoms with Crippen LogP contribution in [-0.2, 0) is 9.59 Å². The SMILES string of the molecule is O=C1CCCN1c1cnc(N2CCC[C@@]3(CCN([C@H]4CC[C@@H](O)CC4)C3=O)C2)c(Cl)c1. The molecule has 1 aromatic heterocycles. The fourth-order valence-electron chi connectivity index (χ4n) is 5.98. The molecule has 8 heteroatoms. The Morgan fingerprint density at radius 3 is 2.58 bits per heavy atom. The van der Waals surface area contributed by atoms with Crippen molar-refractivity contribution in [3.8, 4) is 0 Å². The molecule has 5 rings (SSSR count). The first-order valence-corrected chi connectivity index (χ1v) is 12.0. The quantitative estimate of drug-likeness (QED) is 0.772. The molecule has 4 fully saturated rings. The number of carbonyl (C=O) groups is 2. The number of carbonyl (C=O) groups excluding carboxylic acids is 2. The molecule has 1 N–H and O–H groups in total. The Labute approximate surface area is 188 Å². The number of pyridine rings is 1. The highest BCUT2D eigenvalue weighted by molar-refractivity contribution is 6.33. The molecular weight excluding hydrogens is 416 g/mol. The average molecular weight is 447 g/mol. The van der Waals surface area contributed by atoms with Crippen LogP contribution in [-0.4, -0.2) is 65.1 Å². The molecule has 7 nitrogen and oxygen atoms in total. The molecule has 1 aromatic rings. The van der Waals surface area contributed by atoms with E-state index in [9.17, 15) is 14.7 Å². The van der Waals surface area contributed by atoms with Gasteiger partial charge in [0.1, 0.15) is 5.82 Å². The number of nitrogens with zero attached hydrogens (tertiary/aromatic N) is 4. The summed E-state index contributed by atoms with van der Waals surface area (Å²) in [4.78, 5) is 36.2. The van der Waals surface area contributed by atoms with Crippen LogP contribution in [0.5, 0.6) is 0 Å². The van der Waals surface area contributed by atoms with E-state index in [0.29, 0.717) is 30.4 Å². The number of aliphatic hydroxyl groups excluding tert-OH is 1. The third-order valence-electron chi connectivity index (χ3n) is 7.72. The molecule has 0 aromatic carbocycles. The van der Waals surface area contributed by atoms with Gasteiger partial charge in [0.05, 0.1) is 28.4 Å². The van der Waals surface area contributed by atoms with E-state index in [1.54, 1.807) is 11.1 Å². The third-order valence-corrected chi connectivity index (χ3v) is 8.00. The molecule has 4 aliphatic rings. The molecule has 1 spiro atoms. The van der Waals surface area contributed by atoms with Crippen LogP contribution in [0.1, 0.15) is 57.8 Å². The number of rotatable bonds is 3. The number of halogens is 1. The Balaban J connectivity index is 1.31. The Morgan fingerprint density at radius 2 is 1.87 bits per heavy atom. The van der Waals surface area contributed by atoms with Crippen LogP contribution >= 0.6 is 11.6 Å². The van der Waals surface area contributed by atoms with Gasteiger partial charge in [0.2, 0.25) is 11.8 Å². The number of piperidine rings is 1. The van der Waals surface area contributed by atoms with Crippen molar-refractivity contribution in [3.63, 3.8) is 0 Å². The summed E-state index contributed by atoms with van der Waals surface area (Å²) >= 11 is 6.62. The van der Waals surface area contributed by atoms with Crippen molar-refractivity contribution in [2.24, 2.45) is 5.41 Å². The lowest BCUT2D eigenvalue weighted by Crippen LogP contribution is -2.50. The molecule has 168 valence electrons. The van der Waals surface area contributed by atoms with Gasteiger partial charge in [-0.2, -0.15) is 0 Å². The molecule has 1 atom stereocenters. The topological polar surface area (TPSA) is 77.0 Å². The number of hydrogen-bond acceptors (Lipinski definition) is 5. The first-order valence-electron chi connectivity index (χ1n) is 11.7. The molecule has 3 aliphatic heterocycles. The zero-order valence-electron chi connectivity index (χ0n) is 17.9. The van der Waals surface area contributed by atoms with Crippen LogP contribution in [0.25, 0.3) is 0 Å². The minimum absolute atomic E-state index is 0.120. The van der Waals surface area contributed by atoms with Crippen LogP contribution in [0.3, 0.4) is 0 Å². The minimum atomic E-state index is -0.358. The summed E-state index contributed by atoms with van der Waals surface area (Å²) in [6.45, 7) is 3.00. The van der Waals surface area contributed by atoms with Crippen LogP contribution in [0.4, 0.5) is 11.5 Å². The van der Waals surface area contributed by atoms with Gasteiger partial charge in [-0.25, -0.2) is 4.98 Å². The summed E-state index contributed by atoms with van der Waals surface area (Å²) in [5.41, 5.74) is 0.397. The van der Waals surface area contributed by atoms with E-state index in [1.165, 1.54) is 0 Å². The molecule has 2 amide bonds. The molecule has 4 heterocycles. The van der Waals surface area contributed by atoms with E-state index in [-0.39, 0.29) is 29.4 Å². The largest absolute Gasteiger partial charge is 0.393 e. The monoisotopic (exact) mass is 446 g/mol. The van der Waals surface area contributed by atoms with Crippen molar-refractivity contribution in [3.05, 3.63) is 17.3 Å². The van der Waals surface area contributed by atoms with Gasteiger partial charge >= 0.3 is 0 Å². The zero-order valence-corrected chi connectivity index (χ0v) is 18.7. The molecular formula is C23H31ClN4O3. The molecule has 0 unspecified atom stereocenters. The normalized spacial score (nSPS) is 31.9. The fourth-order valence-corrected chi connectivity index (χ4v) is 6.26. The van der Waals surface area contributed by atoms with Gasteiger partial charge in [-0.1, -0.05) is 11.6 Å². The summed E-state index contributed by atoms with van der Waals surface area (Å²) < 4.78 is 0. The lowest BCUT2D eigenvalue weighted by Gasteiger charge is -2.41. The van der Waals surface area contributed by atoms with Crippen molar-refractivity contribution in [2.45, 2.75) is 69.9 Å². The second-order valence-corrected chi connectivity index (χ2v) is 10.1. The van der Waals surface area contributed by atoms with Crippen LogP contribution in [0.2, 0.25) is 5.02 Å². The Morgan fingerprint density at radius 1 is 1.06 bits per heavy atom. The molecule has 1 aliphatic carbocycles. The van der Waals surface area contributed by atoms with Gasteiger partial charge in [0.25, 0.3) is 0 Å². The van der Waals surface area contributed by atoms with Gasteiger partial charge in [0, 0.05) is 38.6 Å². The van der Waals surface area contributed by atoms with Gasteiger partial charge in [-0.3, -0.25) is 9.59 Å². The van der Waals surface area contributed by atoms with Crippen molar-refractivity contribution in [2.75, 3.05) is 36.0 Å². The second kappa shape index (κ2) is 8.24. The van der Waals surface area contributed by atoms with Crippen molar-refractivity contribution < 1.29 is 14.7 Å². The number of aliphatic hydroxyl groups is 1. The number of aromatic nitrogens is 1. The zero-order chi connectivity index (χ0) is 21.6. The average Bonchev–Trinajstić information content (AvgIpc) is 3.33. The molecule has 0 radical (unpaired) electrons. The summed E-state index contributed by atoms with van der Waals surface area (Å²) in [5.74, 6) is 1.10. The predicted octanol–water partition coefficient (Wildman–Crippen LogP) is 2.98. The smallest absolute Gasteiger partial charge is 0.230 e. The fraction of sp³-hybridized carbons (Fsp3) is 0.696. The van der Waals surface area contributed by atoms with E-state index in [2.05, 4.69) is 14.8 Å². The molecule has 1 saturated carbocycles. The maximum absolute atomic E-state index is 13.5. The highest BCUT2D eigenvalue weighted by Gasteiger charge is 2.51. The summed E-state index contributed by atoms with van der Waals surface area (Å²) in [6, 6.07) is 2.11. The first-order chi connectivity index (χ1) is 15.0. The number of hydrogen-bond donors (Lipinski definition) is 1. The van der Waals surface area contributed by atoms with Crippen LogP contribution in [0, 0.1) is 5.41 Å². The summed E-state index contributed by atoms with van der Waals surface area (Å²) in [7, 11) is 0. The van der Waals surface area contributed by atoms with Crippen LogP contribution in [0.15, 0.2) is 12.3 Å².